The first-order valence-electron chi connectivity index (χ1n) is 6.29. The molecule has 5 nitrogen and oxygen atoms in total. The number of esters is 1. The van der Waals surface area contributed by atoms with E-state index in [-0.39, 0.29) is 24.5 Å². The second-order valence-electron chi connectivity index (χ2n) is 4.42. The molecule has 0 aromatic rings. The lowest BCUT2D eigenvalue weighted by molar-refractivity contribution is -0.193. The number of hydrogen-bond acceptors (Lipinski definition) is 5. The van der Waals surface area contributed by atoms with Crippen molar-refractivity contribution in [3.05, 3.63) is 0 Å². The largest absolute Gasteiger partial charge is 0.464 e. The molecule has 1 aliphatic heterocycles. The van der Waals surface area contributed by atoms with Crippen LogP contribution in [0.25, 0.3) is 0 Å². The first kappa shape index (κ1) is 12.8. The molecule has 5 heteroatoms. The average molecular weight is 244 g/mol. The molecule has 1 saturated carbocycles. The molecule has 1 spiro atoms. The summed E-state index contributed by atoms with van der Waals surface area (Å²) in [5, 5.41) is 0. The van der Waals surface area contributed by atoms with Gasteiger partial charge in [0.2, 0.25) is 0 Å². The molecule has 2 aliphatic rings. The Hall–Kier alpha value is -0.650. The van der Waals surface area contributed by atoms with Gasteiger partial charge in [0.25, 0.3) is 0 Å². The van der Waals surface area contributed by atoms with Crippen LogP contribution in [0.4, 0.5) is 0 Å². The molecule has 0 aromatic carbocycles. The Morgan fingerprint density at radius 2 is 1.94 bits per heavy atom. The van der Waals surface area contributed by atoms with Crippen LogP contribution < -0.4 is 0 Å². The fourth-order valence-corrected chi connectivity index (χ4v) is 2.37. The van der Waals surface area contributed by atoms with Crippen molar-refractivity contribution in [3.8, 4) is 0 Å². The molecule has 0 atom stereocenters. The summed E-state index contributed by atoms with van der Waals surface area (Å²) in [6.07, 6.45) is 3.57. The van der Waals surface area contributed by atoms with Gasteiger partial charge < -0.3 is 18.9 Å². The molecule has 1 heterocycles. The van der Waals surface area contributed by atoms with E-state index in [1.54, 1.807) is 6.92 Å². The Balaban J connectivity index is 1.67. The average Bonchev–Trinajstić information content (AvgIpc) is 2.78. The van der Waals surface area contributed by atoms with Crippen molar-refractivity contribution < 1.29 is 23.7 Å². The summed E-state index contributed by atoms with van der Waals surface area (Å²) < 4.78 is 21.6. The molecule has 1 aliphatic carbocycles. The Bertz CT molecular complexity index is 250. The lowest BCUT2D eigenvalue weighted by Gasteiger charge is -2.35. The topological polar surface area (TPSA) is 54.0 Å². The molecule has 0 amide bonds. The second kappa shape index (κ2) is 5.80. The fourth-order valence-electron chi connectivity index (χ4n) is 2.37. The van der Waals surface area contributed by atoms with Gasteiger partial charge in [-0.15, -0.1) is 0 Å². The molecule has 17 heavy (non-hydrogen) atoms. The van der Waals surface area contributed by atoms with Crippen LogP contribution >= 0.6 is 0 Å². The Labute approximate surface area is 101 Å². The van der Waals surface area contributed by atoms with Gasteiger partial charge in [0.05, 0.1) is 25.9 Å². The molecule has 98 valence electrons. The summed E-state index contributed by atoms with van der Waals surface area (Å²) in [6, 6.07) is 0. The highest BCUT2D eigenvalue weighted by Gasteiger charge is 2.40. The summed E-state index contributed by atoms with van der Waals surface area (Å²) in [5.41, 5.74) is 0. The highest BCUT2D eigenvalue weighted by atomic mass is 16.7. The van der Waals surface area contributed by atoms with E-state index in [1.165, 1.54) is 0 Å². The highest BCUT2D eigenvalue weighted by molar-refractivity contribution is 5.70. The van der Waals surface area contributed by atoms with Gasteiger partial charge in [-0.05, 0) is 19.8 Å². The van der Waals surface area contributed by atoms with Crippen molar-refractivity contribution in [2.24, 2.45) is 0 Å². The lowest BCUT2D eigenvalue weighted by atomic mass is 9.92. The highest BCUT2D eigenvalue weighted by Crippen LogP contribution is 2.36. The Kier molecular flexibility index (Phi) is 4.36. The van der Waals surface area contributed by atoms with Gasteiger partial charge in [-0.3, -0.25) is 0 Å². The maximum Gasteiger partial charge on any atom is 0.332 e. The maximum absolute atomic E-state index is 11.1. The first-order chi connectivity index (χ1) is 8.24. The summed E-state index contributed by atoms with van der Waals surface area (Å²) in [4.78, 5) is 11.1. The van der Waals surface area contributed by atoms with E-state index in [0.29, 0.717) is 19.8 Å². The predicted octanol–water partition coefficient (Wildman–Crippen LogP) is 1.25. The van der Waals surface area contributed by atoms with Crippen molar-refractivity contribution in [2.45, 2.75) is 44.5 Å². The minimum absolute atomic E-state index is 0.0488. The molecule has 2 fully saturated rings. The molecule has 0 aromatic heterocycles. The van der Waals surface area contributed by atoms with Gasteiger partial charge in [-0.2, -0.15) is 0 Å². The standard InChI is InChI=1S/C12H20O5/c1-2-14-11(13)9-15-10-3-5-12(6-4-10)16-7-8-17-12/h10H,2-9H2,1H3. The summed E-state index contributed by atoms with van der Waals surface area (Å²) in [5.74, 6) is -0.648. The van der Waals surface area contributed by atoms with Crippen LogP contribution in [0.3, 0.4) is 0 Å². The van der Waals surface area contributed by atoms with E-state index < -0.39 is 0 Å². The summed E-state index contributed by atoms with van der Waals surface area (Å²) >= 11 is 0. The number of hydrogen-bond donors (Lipinski definition) is 0. The zero-order valence-corrected chi connectivity index (χ0v) is 10.3. The smallest absolute Gasteiger partial charge is 0.332 e. The zero-order chi connectivity index (χ0) is 12.1. The molecule has 0 N–H and O–H groups in total. The minimum atomic E-state index is -0.357. The molecular formula is C12H20O5. The van der Waals surface area contributed by atoms with Gasteiger partial charge in [-0.25, -0.2) is 4.79 Å². The van der Waals surface area contributed by atoms with Gasteiger partial charge >= 0.3 is 5.97 Å². The third kappa shape index (κ3) is 3.40. The van der Waals surface area contributed by atoms with Gasteiger partial charge in [-0.1, -0.05) is 0 Å². The Morgan fingerprint density at radius 3 is 2.53 bits per heavy atom. The van der Waals surface area contributed by atoms with Crippen LogP contribution in [-0.2, 0) is 23.7 Å². The van der Waals surface area contributed by atoms with Crippen LogP contribution in [0.5, 0.6) is 0 Å². The molecule has 1 saturated heterocycles. The van der Waals surface area contributed by atoms with E-state index in [2.05, 4.69) is 0 Å². The number of carbonyl (C=O) groups is 1. The van der Waals surface area contributed by atoms with E-state index in [0.717, 1.165) is 25.7 Å². The summed E-state index contributed by atoms with van der Waals surface area (Å²) in [7, 11) is 0. The van der Waals surface area contributed by atoms with E-state index in [9.17, 15) is 4.79 Å². The van der Waals surface area contributed by atoms with Gasteiger partial charge in [0, 0.05) is 12.8 Å². The minimum Gasteiger partial charge on any atom is -0.464 e. The van der Waals surface area contributed by atoms with Crippen molar-refractivity contribution in [1.29, 1.82) is 0 Å². The quantitative estimate of drug-likeness (QED) is 0.697. The maximum atomic E-state index is 11.1. The molecule has 2 rings (SSSR count). The summed E-state index contributed by atoms with van der Waals surface area (Å²) in [6.45, 7) is 3.62. The molecule has 0 unspecified atom stereocenters. The van der Waals surface area contributed by atoms with Crippen LogP contribution in [0, 0.1) is 0 Å². The van der Waals surface area contributed by atoms with E-state index in [1.807, 2.05) is 0 Å². The zero-order valence-electron chi connectivity index (χ0n) is 10.3. The second-order valence-corrected chi connectivity index (χ2v) is 4.42. The number of ether oxygens (including phenoxy) is 4. The monoisotopic (exact) mass is 244 g/mol. The Morgan fingerprint density at radius 1 is 1.29 bits per heavy atom. The lowest BCUT2D eigenvalue weighted by Crippen LogP contribution is -2.38. The van der Waals surface area contributed by atoms with Crippen LogP contribution in [-0.4, -0.2) is 44.3 Å². The SMILES string of the molecule is CCOC(=O)COC1CCC2(CC1)OCCO2. The van der Waals surface area contributed by atoms with E-state index >= 15 is 0 Å². The van der Waals surface area contributed by atoms with Crippen molar-refractivity contribution in [3.63, 3.8) is 0 Å². The van der Waals surface area contributed by atoms with Crippen molar-refractivity contribution >= 4 is 5.97 Å². The normalized spacial score (nSPS) is 24.1. The van der Waals surface area contributed by atoms with Crippen LogP contribution in [0.15, 0.2) is 0 Å². The van der Waals surface area contributed by atoms with E-state index in [4.69, 9.17) is 18.9 Å². The fraction of sp³-hybridized carbons (Fsp3) is 0.917. The number of rotatable bonds is 4. The van der Waals surface area contributed by atoms with Crippen molar-refractivity contribution in [1.82, 2.24) is 0 Å². The van der Waals surface area contributed by atoms with Crippen LogP contribution in [0.2, 0.25) is 0 Å². The molecular weight excluding hydrogens is 224 g/mol. The van der Waals surface area contributed by atoms with Crippen LogP contribution in [0.1, 0.15) is 32.6 Å². The van der Waals surface area contributed by atoms with Gasteiger partial charge in [0.15, 0.2) is 5.79 Å². The number of carbonyl (C=O) groups excluding carboxylic acids is 1. The third-order valence-electron chi connectivity index (χ3n) is 3.25. The molecule has 0 radical (unpaired) electrons. The van der Waals surface area contributed by atoms with Crippen molar-refractivity contribution in [2.75, 3.05) is 26.4 Å². The third-order valence-corrected chi connectivity index (χ3v) is 3.25. The predicted molar refractivity (Wildman–Crippen MR) is 59.5 cm³/mol. The first-order valence-corrected chi connectivity index (χ1v) is 6.29. The molecule has 0 bridgehead atoms. The van der Waals surface area contributed by atoms with Gasteiger partial charge in [0.1, 0.15) is 6.61 Å².